The van der Waals surface area contributed by atoms with Crippen molar-refractivity contribution in [1.82, 2.24) is 0 Å². The van der Waals surface area contributed by atoms with Gasteiger partial charge in [0.1, 0.15) is 11.9 Å². The van der Waals surface area contributed by atoms with Crippen LogP contribution in [0.15, 0.2) is 0 Å². The quantitative estimate of drug-likeness (QED) is 0.0707. The van der Waals surface area contributed by atoms with Crippen molar-refractivity contribution < 1.29 is 34.4 Å². The molecule has 7 atom stereocenters. The van der Waals surface area contributed by atoms with Gasteiger partial charge in [0.15, 0.2) is 0 Å². The van der Waals surface area contributed by atoms with Crippen molar-refractivity contribution in [2.75, 3.05) is 0 Å². The molecule has 0 radical (unpaired) electrons. The molecule has 0 aromatic carbocycles. The molecule has 0 aromatic heterocycles. The highest BCUT2D eigenvalue weighted by Gasteiger charge is 2.35. The van der Waals surface area contributed by atoms with Gasteiger partial charge in [0.05, 0.1) is 36.4 Å². The summed E-state index contributed by atoms with van der Waals surface area (Å²) >= 11 is 0. The number of aliphatic hydroxyl groups excluding tert-OH is 3. The van der Waals surface area contributed by atoms with E-state index in [4.69, 9.17) is 9.47 Å². The number of ether oxygens (including phenoxy) is 2. The first kappa shape index (κ1) is 37.2. The highest BCUT2D eigenvalue weighted by molar-refractivity contribution is 5.83. The van der Waals surface area contributed by atoms with Gasteiger partial charge in [-0.3, -0.25) is 4.79 Å². The maximum atomic E-state index is 11.8. The summed E-state index contributed by atoms with van der Waals surface area (Å²) < 4.78 is 11.5. The first-order chi connectivity index (χ1) is 20.3. The number of carbonyl (C=O) groups is 2. The van der Waals surface area contributed by atoms with Gasteiger partial charge in [0.2, 0.25) is 0 Å². The van der Waals surface area contributed by atoms with Crippen LogP contribution in [0.4, 0.5) is 0 Å². The molecule has 0 saturated carbocycles. The average molecular weight is 597 g/mol. The fraction of sp³-hybridized carbons (Fsp3) is 0.943. The minimum Gasteiger partial charge on any atom is -0.462 e. The normalized spacial score (nSPS) is 24.5. The maximum Gasteiger partial charge on any atom is 0.309 e. The van der Waals surface area contributed by atoms with E-state index in [9.17, 15) is 24.9 Å². The van der Waals surface area contributed by atoms with Gasteiger partial charge in [0.25, 0.3) is 0 Å². The topological polar surface area (TPSA) is 113 Å². The standard InChI is InChI=1S/C35H64O7/c1-3-4-5-6-7-8-9-10-11-15-21-31(38)33-23-24-34(42-33)32(39)22-17-16-19-29(37)18-13-12-14-20-30-26-28(25-27(2)36)35(40)41-30/h28-34,37-39H,3-26H2,1-2H3/t28-,29?,30+,31+,32-,33-,34-/m1/s1. The number of rotatable bonds is 26. The van der Waals surface area contributed by atoms with E-state index in [-0.39, 0.29) is 48.5 Å². The second-order valence-corrected chi connectivity index (χ2v) is 13.4. The smallest absolute Gasteiger partial charge is 0.309 e. The number of esters is 1. The van der Waals surface area contributed by atoms with Crippen LogP contribution in [0.2, 0.25) is 0 Å². The van der Waals surface area contributed by atoms with Gasteiger partial charge in [-0.1, -0.05) is 96.8 Å². The Hall–Kier alpha value is -1.02. The molecule has 7 nitrogen and oxygen atoms in total. The Morgan fingerprint density at radius 3 is 1.79 bits per heavy atom. The van der Waals surface area contributed by atoms with Crippen molar-refractivity contribution in [2.45, 2.75) is 205 Å². The Labute approximate surface area is 256 Å². The molecule has 0 aliphatic carbocycles. The van der Waals surface area contributed by atoms with Crippen molar-refractivity contribution in [1.29, 1.82) is 0 Å². The third-order valence-electron chi connectivity index (χ3n) is 9.35. The number of unbranched alkanes of at least 4 members (excludes halogenated alkanes) is 12. The molecular formula is C35H64O7. The number of carbonyl (C=O) groups excluding carboxylic acids is 2. The number of cyclic esters (lactones) is 1. The molecule has 2 fully saturated rings. The van der Waals surface area contributed by atoms with Crippen LogP contribution in [-0.2, 0) is 19.1 Å². The molecule has 42 heavy (non-hydrogen) atoms. The first-order valence-electron chi connectivity index (χ1n) is 17.7. The van der Waals surface area contributed by atoms with Gasteiger partial charge in [-0.2, -0.15) is 0 Å². The van der Waals surface area contributed by atoms with Crippen molar-refractivity contribution in [3.05, 3.63) is 0 Å². The predicted molar refractivity (Wildman–Crippen MR) is 167 cm³/mol. The van der Waals surface area contributed by atoms with Crippen molar-refractivity contribution in [2.24, 2.45) is 5.92 Å². The molecular weight excluding hydrogens is 532 g/mol. The fourth-order valence-corrected chi connectivity index (χ4v) is 6.69. The Morgan fingerprint density at radius 1 is 0.738 bits per heavy atom. The zero-order valence-electron chi connectivity index (χ0n) is 27.0. The number of ketones is 1. The summed E-state index contributed by atoms with van der Waals surface area (Å²) in [5.74, 6) is -0.459. The Kier molecular flexibility index (Phi) is 19.9. The maximum absolute atomic E-state index is 11.8. The van der Waals surface area contributed by atoms with Crippen molar-refractivity contribution in [3.63, 3.8) is 0 Å². The summed E-state index contributed by atoms with van der Waals surface area (Å²) in [5.41, 5.74) is 0. The van der Waals surface area contributed by atoms with E-state index in [1.54, 1.807) is 0 Å². The summed E-state index contributed by atoms with van der Waals surface area (Å²) in [5, 5.41) is 31.6. The minimum atomic E-state index is -0.503. The van der Waals surface area contributed by atoms with Gasteiger partial charge in [-0.05, 0) is 64.7 Å². The highest BCUT2D eigenvalue weighted by Crippen LogP contribution is 2.29. The molecule has 0 aromatic rings. The minimum absolute atomic E-state index is 0.0338. The molecule has 0 amide bonds. The van der Waals surface area contributed by atoms with Crippen molar-refractivity contribution >= 4 is 11.8 Å². The van der Waals surface area contributed by atoms with E-state index < -0.39 is 12.2 Å². The molecule has 246 valence electrons. The van der Waals surface area contributed by atoms with Crippen LogP contribution < -0.4 is 0 Å². The molecule has 2 aliphatic rings. The van der Waals surface area contributed by atoms with Crippen LogP contribution in [0, 0.1) is 5.92 Å². The van der Waals surface area contributed by atoms with Crippen molar-refractivity contribution in [3.8, 4) is 0 Å². The second kappa shape index (κ2) is 22.5. The molecule has 2 rings (SSSR count). The summed E-state index contributed by atoms with van der Waals surface area (Å²) in [6.45, 7) is 3.77. The summed E-state index contributed by atoms with van der Waals surface area (Å²) in [6.07, 6.45) is 22.2. The van der Waals surface area contributed by atoms with Gasteiger partial charge in [-0.15, -0.1) is 0 Å². The lowest BCUT2D eigenvalue weighted by Crippen LogP contribution is -2.31. The van der Waals surface area contributed by atoms with E-state index in [1.165, 1.54) is 64.7 Å². The zero-order chi connectivity index (χ0) is 30.6. The fourth-order valence-electron chi connectivity index (χ4n) is 6.69. The SMILES string of the molecule is CCCCCCCCCCCC[C@H](O)[C@H]1CC[C@H]([C@H](O)CCCCC(O)CCCCC[C@H]2C[C@@H](CC(C)=O)C(=O)O2)O1. The molecule has 0 spiro atoms. The van der Waals surface area contributed by atoms with E-state index in [2.05, 4.69) is 6.92 Å². The highest BCUT2D eigenvalue weighted by atomic mass is 16.6. The molecule has 0 bridgehead atoms. The van der Waals surface area contributed by atoms with E-state index in [0.717, 1.165) is 77.0 Å². The average Bonchev–Trinajstić information content (AvgIpc) is 3.58. The van der Waals surface area contributed by atoms with Crippen LogP contribution in [0.1, 0.15) is 168 Å². The molecule has 2 heterocycles. The first-order valence-corrected chi connectivity index (χ1v) is 17.7. The zero-order valence-corrected chi connectivity index (χ0v) is 27.0. The van der Waals surface area contributed by atoms with Gasteiger partial charge >= 0.3 is 5.97 Å². The predicted octanol–water partition coefficient (Wildman–Crippen LogP) is 7.35. The van der Waals surface area contributed by atoms with Gasteiger partial charge < -0.3 is 29.6 Å². The third-order valence-corrected chi connectivity index (χ3v) is 9.35. The lowest BCUT2D eigenvalue weighted by atomic mass is 9.96. The Bertz CT molecular complexity index is 713. The largest absolute Gasteiger partial charge is 0.462 e. The number of aliphatic hydroxyl groups is 3. The lowest BCUT2D eigenvalue weighted by molar-refractivity contribution is -0.145. The number of hydrogen-bond acceptors (Lipinski definition) is 7. The van der Waals surface area contributed by atoms with Crippen LogP contribution in [-0.4, -0.2) is 63.7 Å². The van der Waals surface area contributed by atoms with E-state index >= 15 is 0 Å². The molecule has 1 unspecified atom stereocenters. The van der Waals surface area contributed by atoms with Crippen LogP contribution >= 0.6 is 0 Å². The van der Waals surface area contributed by atoms with Crippen LogP contribution in [0.3, 0.4) is 0 Å². The van der Waals surface area contributed by atoms with Gasteiger partial charge in [0, 0.05) is 6.42 Å². The monoisotopic (exact) mass is 596 g/mol. The second-order valence-electron chi connectivity index (χ2n) is 13.4. The van der Waals surface area contributed by atoms with E-state index in [0.29, 0.717) is 12.8 Å². The van der Waals surface area contributed by atoms with Gasteiger partial charge in [-0.25, -0.2) is 0 Å². The summed E-state index contributed by atoms with van der Waals surface area (Å²) in [4.78, 5) is 23.1. The third kappa shape index (κ3) is 16.2. The Morgan fingerprint density at radius 2 is 1.21 bits per heavy atom. The molecule has 2 aliphatic heterocycles. The number of Topliss-reactive ketones (excluding diaryl/α,β-unsaturated/α-hetero) is 1. The molecule has 3 N–H and O–H groups in total. The summed E-state index contributed by atoms with van der Waals surface area (Å²) in [6, 6.07) is 0. The molecule has 7 heteroatoms. The lowest BCUT2D eigenvalue weighted by Gasteiger charge is -2.22. The van der Waals surface area contributed by atoms with E-state index in [1.807, 2.05) is 0 Å². The van der Waals surface area contributed by atoms with Crippen LogP contribution in [0.5, 0.6) is 0 Å². The number of hydrogen-bond donors (Lipinski definition) is 3. The summed E-state index contributed by atoms with van der Waals surface area (Å²) in [7, 11) is 0. The molecule has 2 saturated heterocycles. The Balaban J connectivity index is 1.41. The van der Waals surface area contributed by atoms with Crippen LogP contribution in [0.25, 0.3) is 0 Å².